The average molecular weight is 770 g/mol. The number of carbonyl (C=O) groups excluding carboxylic acids is 3. The summed E-state index contributed by atoms with van der Waals surface area (Å²) in [7, 11) is 1.55. The van der Waals surface area contributed by atoms with Crippen LogP contribution in [0.5, 0.6) is 11.8 Å². The van der Waals surface area contributed by atoms with Gasteiger partial charge in [-0.1, -0.05) is 35.9 Å². The van der Waals surface area contributed by atoms with E-state index in [0.717, 1.165) is 11.1 Å². The van der Waals surface area contributed by atoms with Crippen LogP contribution in [0.25, 0.3) is 0 Å². The zero-order valence-electron chi connectivity index (χ0n) is 28.7. The number of benzene rings is 3. The summed E-state index contributed by atoms with van der Waals surface area (Å²) in [6.07, 6.45) is -3.54. The molecular formula is C36H35ClF3N7O7. The number of nitrogens with zero attached hydrogens (tertiary/aromatic N) is 3. The second-order valence-corrected chi connectivity index (χ2v) is 12.7. The summed E-state index contributed by atoms with van der Waals surface area (Å²) >= 11 is 6.02. The number of nitrogens with one attached hydrogen (secondary N) is 4. The first kappa shape index (κ1) is 39.2. The zero-order chi connectivity index (χ0) is 38.9. The van der Waals surface area contributed by atoms with Crippen LogP contribution in [0.4, 0.5) is 30.8 Å². The predicted octanol–water partition coefficient (Wildman–Crippen LogP) is 5.21. The largest absolute Gasteiger partial charge is 0.497 e. The molecule has 5 N–H and O–H groups in total. The zero-order valence-corrected chi connectivity index (χ0v) is 29.5. The third-order valence-corrected chi connectivity index (χ3v) is 8.51. The first-order valence-electron chi connectivity index (χ1n) is 16.6. The van der Waals surface area contributed by atoms with Gasteiger partial charge in [-0.3, -0.25) is 14.4 Å². The van der Waals surface area contributed by atoms with Gasteiger partial charge in [0.25, 0.3) is 11.8 Å². The Bertz CT molecular complexity index is 1960. The number of amides is 2. The lowest BCUT2D eigenvalue weighted by Crippen LogP contribution is -2.42. The molecule has 1 fully saturated rings. The van der Waals surface area contributed by atoms with Crippen LogP contribution >= 0.6 is 11.6 Å². The first-order chi connectivity index (χ1) is 25.7. The Labute approximate surface area is 311 Å². The summed E-state index contributed by atoms with van der Waals surface area (Å²) in [4.78, 5) is 61.7. The van der Waals surface area contributed by atoms with Crippen molar-refractivity contribution < 1.29 is 46.9 Å². The molecule has 18 heteroatoms. The second kappa shape index (κ2) is 17.2. The maximum absolute atomic E-state index is 12.9. The molecule has 1 aliphatic rings. The van der Waals surface area contributed by atoms with Crippen molar-refractivity contribution in [1.82, 2.24) is 25.6 Å². The normalized spacial score (nSPS) is 13.6. The molecule has 0 spiro atoms. The van der Waals surface area contributed by atoms with E-state index in [1.807, 2.05) is 24.3 Å². The lowest BCUT2D eigenvalue weighted by atomic mass is 10.1. The third-order valence-electron chi connectivity index (χ3n) is 8.26. The minimum Gasteiger partial charge on any atom is -0.497 e. The Morgan fingerprint density at radius 2 is 1.59 bits per heavy atom. The molecule has 4 aromatic rings. The van der Waals surface area contributed by atoms with Crippen molar-refractivity contribution in [2.75, 3.05) is 30.9 Å². The van der Waals surface area contributed by atoms with Gasteiger partial charge in [-0.15, -0.1) is 0 Å². The topological polar surface area (TPSA) is 194 Å². The molecule has 0 radical (unpaired) electrons. The lowest BCUT2D eigenvalue weighted by Gasteiger charge is -2.19. The van der Waals surface area contributed by atoms with E-state index in [2.05, 4.69) is 36.2 Å². The Kier molecular flexibility index (Phi) is 12.5. The minimum absolute atomic E-state index is 0.0441. The maximum Gasteiger partial charge on any atom is 0.422 e. The summed E-state index contributed by atoms with van der Waals surface area (Å²) < 4.78 is 48.7. The number of Topliss-reactive ketones (excluding diaryl/α,β-unsaturated/α-hetero) is 1. The summed E-state index contributed by atoms with van der Waals surface area (Å²) in [6.45, 7) is -1.45. The number of anilines is 3. The van der Waals surface area contributed by atoms with Crippen LogP contribution in [0.2, 0.25) is 5.02 Å². The van der Waals surface area contributed by atoms with Crippen molar-refractivity contribution in [2.45, 2.75) is 49.9 Å². The van der Waals surface area contributed by atoms with Crippen LogP contribution in [0.1, 0.15) is 47.2 Å². The number of hydrogen-bond acceptors (Lipinski definition) is 11. The van der Waals surface area contributed by atoms with Crippen LogP contribution in [-0.4, -0.2) is 76.1 Å². The number of hydrogen-bond donors (Lipinski definition) is 5. The molecule has 5 rings (SSSR count). The summed E-state index contributed by atoms with van der Waals surface area (Å²) in [5.41, 5.74) is 1.61. The Morgan fingerprint density at radius 1 is 0.926 bits per heavy atom. The molecule has 0 unspecified atom stereocenters. The van der Waals surface area contributed by atoms with Gasteiger partial charge in [0.15, 0.2) is 6.61 Å². The number of aromatic nitrogens is 3. The SMILES string of the molecule is COc1ccc(CCNC(=O)C(=O)CC[C@H](NC(=O)c2ccc(Nc3nc(NC4(c5ccc(Cl)cc5)CC4)nc(OCC(F)(F)F)n3)cc2)C(=O)O)cc1. The summed E-state index contributed by atoms with van der Waals surface area (Å²) in [6, 6.07) is 17.8. The number of methoxy groups -OCH3 is 1. The highest BCUT2D eigenvalue weighted by atomic mass is 35.5. The lowest BCUT2D eigenvalue weighted by molar-refractivity contribution is -0.154. The number of carboxylic acid groups (broad SMARTS) is 1. The molecule has 1 heterocycles. The fourth-order valence-corrected chi connectivity index (χ4v) is 5.33. The number of alkyl halides is 3. The maximum atomic E-state index is 12.9. The van der Waals surface area contributed by atoms with Crippen LogP contribution in [-0.2, 0) is 26.3 Å². The Hall–Kier alpha value is -5.97. The van der Waals surface area contributed by atoms with Crippen LogP contribution in [0.3, 0.4) is 0 Å². The van der Waals surface area contributed by atoms with E-state index in [-0.39, 0.29) is 30.4 Å². The summed E-state index contributed by atoms with van der Waals surface area (Å²) in [5.74, 6) is -3.39. The number of carbonyl (C=O) groups is 4. The molecule has 0 saturated heterocycles. The molecule has 3 aromatic carbocycles. The molecule has 2 amide bonds. The van der Waals surface area contributed by atoms with E-state index in [4.69, 9.17) is 21.1 Å². The fourth-order valence-electron chi connectivity index (χ4n) is 5.21. The van der Waals surface area contributed by atoms with Crippen LogP contribution < -0.4 is 30.7 Å². The first-order valence-corrected chi connectivity index (χ1v) is 16.9. The van der Waals surface area contributed by atoms with Gasteiger partial charge in [0, 0.05) is 29.2 Å². The van der Waals surface area contributed by atoms with Crippen molar-refractivity contribution in [1.29, 1.82) is 0 Å². The molecule has 284 valence electrons. The summed E-state index contributed by atoms with van der Waals surface area (Å²) in [5, 5.41) is 21.1. The van der Waals surface area contributed by atoms with Crippen molar-refractivity contribution in [3.8, 4) is 11.8 Å². The van der Waals surface area contributed by atoms with Gasteiger partial charge in [-0.05, 0) is 85.3 Å². The molecule has 14 nitrogen and oxygen atoms in total. The van der Waals surface area contributed by atoms with Gasteiger partial charge in [0.05, 0.1) is 12.6 Å². The Morgan fingerprint density at radius 3 is 2.20 bits per heavy atom. The van der Waals surface area contributed by atoms with Crippen molar-refractivity contribution in [3.05, 3.63) is 94.5 Å². The van der Waals surface area contributed by atoms with E-state index in [0.29, 0.717) is 35.7 Å². The van der Waals surface area contributed by atoms with Gasteiger partial charge >= 0.3 is 18.2 Å². The highest BCUT2D eigenvalue weighted by molar-refractivity contribution is 6.36. The molecule has 1 atom stereocenters. The highest BCUT2D eigenvalue weighted by Gasteiger charge is 2.45. The molecule has 54 heavy (non-hydrogen) atoms. The van der Waals surface area contributed by atoms with Crippen LogP contribution in [0, 0.1) is 0 Å². The third kappa shape index (κ3) is 11.3. The van der Waals surface area contributed by atoms with Gasteiger partial charge in [-0.2, -0.15) is 28.1 Å². The highest BCUT2D eigenvalue weighted by Crippen LogP contribution is 2.48. The Balaban J connectivity index is 1.17. The molecule has 1 aliphatic carbocycles. The van der Waals surface area contributed by atoms with Gasteiger partial charge in [0.1, 0.15) is 11.8 Å². The predicted molar refractivity (Wildman–Crippen MR) is 190 cm³/mol. The van der Waals surface area contributed by atoms with E-state index >= 15 is 0 Å². The number of halogens is 4. The van der Waals surface area contributed by atoms with Gasteiger partial charge in [-0.25, -0.2) is 4.79 Å². The van der Waals surface area contributed by atoms with E-state index in [1.165, 1.54) is 24.3 Å². The smallest absolute Gasteiger partial charge is 0.422 e. The molecule has 0 bridgehead atoms. The number of aliphatic carboxylic acids is 1. The molecule has 0 aliphatic heterocycles. The van der Waals surface area contributed by atoms with E-state index in [1.54, 1.807) is 31.4 Å². The number of ketones is 1. The number of ether oxygens (including phenoxy) is 2. The van der Waals surface area contributed by atoms with E-state index in [9.17, 15) is 37.5 Å². The number of carboxylic acids is 1. The van der Waals surface area contributed by atoms with Gasteiger partial charge in [0.2, 0.25) is 17.7 Å². The molecule has 1 saturated carbocycles. The fraction of sp³-hybridized carbons (Fsp3) is 0.306. The molecular weight excluding hydrogens is 735 g/mol. The van der Waals surface area contributed by atoms with E-state index < -0.39 is 60.4 Å². The van der Waals surface area contributed by atoms with Crippen molar-refractivity contribution >= 4 is 52.8 Å². The van der Waals surface area contributed by atoms with Crippen LogP contribution in [0.15, 0.2) is 72.8 Å². The van der Waals surface area contributed by atoms with Gasteiger partial charge < -0.3 is 35.8 Å². The quantitative estimate of drug-likeness (QED) is 0.0831. The average Bonchev–Trinajstić information content (AvgIpc) is 3.92. The van der Waals surface area contributed by atoms with Crippen molar-refractivity contribution in [2.24, 2.45) is 0 Å². The standard InChI is InChI=1S/C36H35ClF3N7O7/c1-53-26-12-2-21(3-13-26)16-19-41-30(50)28(48)15-14-27(31(51)52)43-29(49)22-4-10-25(11-5-22)42-32-44-33(46-34(45-32)54-20-36(38,39)40)47-35(17-18-35)23-6-8-24(37)9-7-23/h2-13,27H,14-20H2,1H3,(H,41,50)(H,43,49)(H,51,52)(H2,42,44,45,46,47)/t27-/m0/s1. The molecule has 1 aromatic heterocycles. The minimum atomic E-state index is -4.65. The monoisotopic (exact) mass is 769 g/mol. The number of rotatable bonds is 18. The van der Waals surface area contributed by atoms with Crippen molar-refractivity contribution in [3.63, 3.8) is 0 Å². The second-order valence-electron chi connectivity index (χ2n) is 12.3.